The Morgan fingerprint density at radius 2 is 1.55 bits per heavy atom. The molecule has 3 aromatic carbocycles. The number of carbonyl (C=O) groups excluding carboxylic acids is 1. The number of aliphatic imine (C=N–C) groups is 1. The molecule has 0 saturated heterocycles. The van der Waals surface area contributed by atoms with Crippen molar-refractivity contribution in [3.8, 4) is 11.5 Å². The smallest absolute Gasteiger partial charge is 0.363 e. The van der Waals surface area contributed by atoms with Crippen LogP contribution in [-0.2, 0) is 9.53 Å². The SMILES string of the molecule is Cc1cc(C)cc(OCCOc2cccc(/C=C3\N=C(c4ccccc4)OC3=O)c2)c1. The van der Waals surface area contributed by atoms with E-state index in [1.165, 1.54) is 11.1 Å². The van der Waals surface area contributed by atoms with Crippen molar-refractivity contribution in [2.45, 2.75) is 13.8 Å². The second-order valence-electron chi connectivity index (χ2n) is 7.29. The van der Waals surface area contributed by atoms with Gasteiger partial charge in [0.05, 0.1) is 0 Å². The molecule has 156 valence electrons. The van der Waals surface area contributed by atoms with Crippen molar-refractivity contribution in [2.75, 3.05) is 13.2 Å². The summed E-state index contributed by atoms with van der Waals surface area (Å²) in [6.07, 6.45) is 1.69. The van der Waals surface area contributed by atoms with Gasteiger partial charge < -0.3 is 14.2 Å². The Morgan fingerprint density at radius 3 is 2.29 bits per heavy atom. The van der Waals surface area contributed by atoms with Gasteiger partial charge in [0.2, 0.25) is 5.90 Å². The highest BCUT2D eigenvalue weighted by atomic mass is 16.6. The van der Waals surface area contributed by atoms with E-state index < -0.39 is 5.97 Å². The summed E-state index contributed by atoms with van der Waals surface area (Å²) in [5.41, 5.74) is 4.16. The van der Waals surface area contributed by atoms with Crippen LogP contribution >= 0.6 is 0 Å². The van der Waals surface area contributed by atoms with Crippen LogP contribution in [0, 0.1) is 13.8 Å². The minimum Gasteiger partial charge on any atom is -0.490 e. The Labute approximate surface area is 181 Å². The number of carbonyl (C=O) groups is 1. The molecule has 1 aliphatic rings. The van der Waals surface area contributed by atoms with E-state index in [-0.39, 0.29) is 5.70 Å². The van der Waals surface area contributed by atoms with Crippen LogP contribution in [0.2, 0.25) is 0 Å². The molecule has 0 radical (unpaired) electrons. The van der Waals surface area contributed by atoms with Crippen LogP contribution in [-0.4, -0.2) is 25.1 Å². The fourth-order valence-electron chi connectivity index (χ4n) is 3.30. The quantitative estimate of drug-likeness (QED) is 0.307. The maximum atomic E-state index is 12.2. The molecular formula is C26H23NO4. The Hall–Kier alpha value is -3.86. The largest absolute Gasteiger partial charge is 0.490 e. The molecule has 5 nitrogen and oxygen atoms in total. The molecule has 0 aliphatic carbocycles. The molecule has 0 spiro atoms. The maximum absolute atomic E-state index is 12.2. The van der Waals surface area contributed by atoms with E-state index >= 15 is 0 Å². The summed E-state index contributed by atoms with van der Waals surface area (Å²) in [5.74, 6) is 1.38. The molecule has 0 saturated carbocycles. The molecule has 1 heterocycles. The summed E-state index contributed by atoms with van der Waals surface area (Å²) in [5, 5.41) is 0. The normalized spacial score (nSPS) is 14.3. The predicted molar refractivity (Wildman–Crippen MR) is 120 cm³/mol. The number of nitrogens with zero attached hydrogens (tertiary/aromatic N) is 1. The van der Waals surface area contributed by atoms with Gasteiger partial charge in [0.15, 0.2) is 5.70 Å². The first-order valence-electron chi connectivity index (χ1n) is 10.1. The van der Waals surface area contributed by atoms with Crippen molar-refractivity contribution in [1.82, 2.24) is 0 Å². The van der Waals surface area contributed by atoms with Crippen molar-refractivity contribution in [3.05, 3.63) is 101 Å². The summed E-state index contributed by atoms with van der Waals surface area (Å²) >= 11 is 0. The zero-order chi connectivity index (χ0) is 21.6. The monoisotopic (exact) mass is 413 g/mol. The van der Waals surface area contributed by atoms with Crippen LogP contribution in [0.25, 0.3) is 6.08 Å². The van der Waals surface area contributed by atoms with E-state index in [0.717, 1.165) is 16.9 Å². The Kier molecular flexibility index (Phi) is 6.13. The minimum absolute atomic E-state index is 0.258. The van der Waals surface area contributed by atoms with Gasteiger partial charge in [-0.05, 0) is 73.0 Å². The van der Waals surface area contributed by atoms with E-state index in [2.05, 4.69) is 11.1 Å². The predicted octanol–water partition coefficient (Wildman–Crippen LogP) is 5.11. The number of benzene rings is 3. The van der Waals surface area contributed by atoms with Crippen molar-refractivity contribution in [2.24, 2.45) is 4.99 Å². The van der Waals surface area contributed by atoms with Crippen molar-refractivity contribution < 1.29 is 19.0 Å². The number of rotatable bonds is 7. The lowest BCUT2D eigenvalue weighted by Crippen LogP contribution is -2.09. The van der Waals surface area contributed by atoms with Crippen LogP contribution in [0.4, 0.5) is 0 Å². The highest BCUT2D eigenvalue weighted by Gasteiger charge is 2.23. The third kappa shape index (κ3) is 5.39. The lowest BCUT2D eigenvalue weighted by molar-refractivity contribution is -0.129. The molecule has 0 atom stereocenters. The van der Waals surface area contributed by atoms with Gasteiger partial charge in [-0.2, -0.15) is 0 Å². The van der Waals surface area contributed by atoms with Crippen LogP contribution in [0.15, 0.2) is 83.5 Å². The van der Waals surface area contributed by atoms with Crippen molar-refractivity contribution in [3.63, 3.8) is 0 Å². The second kappa shape index (κ2) is 9.30. The lowest BCUT2D eigenvalue weighted by Gasteiger charge is -2.10. The van der Waals surface area contributed by atoms with Gasteiger partial charge in [-0.25, -0.2) is 9.79 Å². The number of hydrogen-bond acceptors (Lipinski definition) is 5. The first kappa shape index (κ1) is 20.4. The van der Waals surface area contributed by atoms with Crippen LogP contribution in [0.1, 0.15) is 22.3 Å². The minimum atomic E-state index is -0.466. The van der Waals surface area contributed by atoms with E-state index in [1.54, 1.807) is 6.08 Å². The Bertz CT molecular complexity index is 1130. The summed E-state index contributed by atoms with van der Waals surface area (Å²) in [4.78, 5) is 16.5. The molecule has 0 N–H and O–H groups in total. The van der Waals surface area contributed by atoms with Gasteiger partial charge in [-0.15, -0.1) is 0 Å². The number of aryl methyl sites for hydroxylation is 2. The molecule has 0 unspecified atom stereocenters. The zero-order valence-corrected chi connectivity index (χ0v) is 17.5. The highest BCUT2D eigenvalue weighted by Crippen LogP contribution is 2.21. The maximum Gasteiger partial charge on any atom is 0.363 e. The fraction of sp³-hybridized carbons (Fsp3) is 0.154. The molecular weight excluding hydrogens is 390 g/mol. The Balaban J connectivity index is 1.38. The molecule has 1 aliphatic heterocycles. The third-order valence-electron chi connectivity index (χ3n) is 4.62. The van der Waals surface area contributed by atoms with Gasteiger partial charge in [-0.1, -0.05) is 36.4 Å². The summed E-state index contributed by atoms with van der Waals surface area (Å²) in [6.45, 7) is 4.93. The van der Waals surface area contributed by atoms with E-state index in [9.17, 15) is 4.79 Å². The fourth-order valence-corrected chi connectivity index (χ4v) is 3.30. The van der Waals surface area contributed by atoms with E-state index in [4.69, 9.17) is 14.2 Å². The number of cyclic esters (lactones) is 1. The van der Waals surface area contributed by atoms with Crippen LogP contribution < -0.4 is 9.47 Å². The van der Waals surface area contributed by atoms with Crippen molar-refractivity contribution in [1.29, 1.82) is 0 Å². The first-order chi connectivity index (χ1) is 15.1. The van der Waals surface area contributed by atoms with Gasteiger partial charge in [0.25, 0.3) is 0 Å². The van der Waals surface area contributed by atoms with Crippen LogP contribution in [0.3, 0.4) is 0 Å². The molecule has 0 fully saturated rings. The third-order valence-corrected chi connectivity index (χ3v) is 4.62. The average molecular weight is 413 g/mol. The summed E-state index contributed by atoms with van der Waals surface area (Å²) in [6, 6.07) is 22.9. The standard InChI is InChI=1S/C26H23NO4/c1-18-13-19(2)15-23(14-18)30-12-11-29-22-10-6-7-20(16-22)17-24-26(28)31-25(27-24)21-8-4-3-5-9-21/h3-10,13-17H,11-12H2,1-2H3/b24-17-. The van der Waals surface area contributed by atoms with Crippen LogP contribution in [0.5, 0.6) is 11.5 Å². The number of esters is 1. The van der Waals surface area contributed by atoms with E-state index in [1.807, 2.05) is 80.6 Å². The number of ether oxygens (including phenoxy) is 3. The lowest BCUT2D eigenvalue weighted by atomic mass is 10.1. The second-order valence-corrected chi connectivity index (χ2v) is 7.29. The highest BCUT2D eigenvalue weighted by molar-refractivity contribution is 6.12. The molecule has 0 amide bonds. The summed E-state index contributed by atoms with van der Waals surface area (Å²) in [7, 11) is 0. The van der Waals surface area contributed by atoms with E-state index in [0.29, 0.717) is 24.9 Å². The molecule has 3 aromatic rings. The zero-order valence-electron chi connectivity index (χ0n) is 17.5. The average Bonchev–Trinajstić information content (AvgIpc) is 3.12. The summed E-state index contributed by atoms with van der Waals surface area (Å²) < 4.78 is 16.9. The van der Waals surface area contributed by atoms with Gasteiger partial charge in [-0.3, -0.25) is 0 Å². The van der Waals surface area contributed by atoms with Crippen molar-refractivity contribution >= 4 is 17.9 Å². The topological polar surface area (TPSA) is 57.1 Å². The molecule has 0 aromatic heterocycles. The number of hydrogen-bond donors (Lipinski definition) is 0. The van der Waals surface area contributed by atoms with Gasteiger partial charge in [0, 0.05) is 5.56 Å². The van der Waals surface area contributed by atoms with Gasteiger partial charge in [0.1, 0.15) is 24.7 Å². The molecule has 4 rings (SSSR count). The molecule has 5 heteroatoms. The molecule has 31 heavy (non-hydrogen) atoms. The van der Waals surface area contributed by atoms with Gasteiger partial charge >= 0.3 is 5.97 Å². The Morgan fingerprint density at radius 1 is 0.839 bits per heavy atom. The first-order valence-corrected chi connectivity index (χ1v) is 10.1. The molecule has 0 bridgehead atoms.